The first-order valence-corrected chi connectivity index (χ1v) is 4.59. The molecule has 3 nitrogen and oxygen atoms in total. The molecule has 0 bridgehead atoms. The van der Waals surface area contributed by atoms with E-state index in [-0.39, 0.29) is 0 Å². The van der Waals surface area contributed by atoms with Crippen molar-refractivity contribution in [3.63, 3.8) is 0 Å². The lowest BCUT2D eigenvalue weighted by molar-refractivity contribution is 0.111. The number of carbonyl (C=O) groups is 1. The fourth-order valence-electron chi connectivity index (χ4n) is 1.59. The first-order chi connectivity index (χ1) is 6.65. The fourth-order valence-corrected chi connectivity index (χ4v) is 1.75. The maximum absolute atomic E-state index is 10.7. The van der Waals surface area contributed by atoms with Gasteiger partial charge < -0.3 is 4.57 Å². The summed E-state index contributed by atoms with van der Waals surface area (Å²) in [6.07, 6.45) is 0.743. The van der Waals surface area contributed by atoms with Crippen molar-refractivity contribution >= 4 is 28.9 Å². The van der Waals surface area contributed by atoms with E-state index in [1.165, 1.54) is 0 Å². The normalized spacial score (nSPS) is 10.8. The Morgan fingerprint density at radius 3 is 2.86 bits per heavy atom. The van der Waals surface area contributed by atoms with Gasteiger partial charge in [0.2, 0.25) is 0 Å². The Labute approximate surface area is 86.3 Å². The second kappa shape index (κ2) is 3.10. The van der Waals surface area contributed by atoms with E-state index >= 15 is 0 Å². The van der Waals surface area contributed by atoms with E-state index < -0.39 is 0 Å². The first kappa shape index (κ1) is 9.21. The van der Waals surface area contributed by atoms with Crippen LogP contribution in [-0.4, -0.2) is 15.8 Å². The average Bonchev–Trinajstić information content (AvgIpc) is 2.50. The van der Waals surface area contributed by atoms with Gasteiger partial charge in [-0.2, -0.15) is 0 Å². The number of aryl methyl sites for hydroxylation is 2. The number of carbonyl (C=O) groups excluding carboxylic acids is 1. The highest BCUT2D eigenvalue weighted by Crippen LogP contribution is 2.24. The number of benzene rings is 1. The molecule has 0 N–H and O–H groups in total. The maximum Gasteiger partial charge on any atom is 0.185 e. The molecule has 14 heavy (non-hydrogen) atoms. The van der Waals surface area contributed by atoms with E-state index in [1.54, 1.807) is 10.6 Å². The molecule has 0 atom stereocenters. The van der Waals surface area contributed by atoms with E-state index in [2.05, 4.69) is 4.98 Å². The Morgan fingerprint density at radius 2 is 2.21 bits per heavy atom. The maximum atomic E-state index is 10.7. The summed E-state index contributed by atoms with van der Waals surface area (Å²) in [6, 6.07) is 3.61. The van der Waals surface area contributed by atoms with Crippen LogP contribution in [0.15, 0.2) is 12.1 Å². The van der Waals surface area contributed by atoms with Crippen LogP contribution in [0.1, 0.15) is 16.2 Å². The second-order valence-electron chi connectivity index (χ2n) is 3.19. The van der Waals surface area contributed by atoms with Gasteiger partial charge in [-0.15, -0.1) is 0 Å². The lowest BCUT2D eigenvalue weighted by atomic mass is 10.2. The predicted octanol–water partition coefficient (Wildman–Crippen LogP) is 2.35. The molecule has 72 valence electrons. The van der Waals surface area contributed by atoms with Gasteiger partial charge in [-0.05, 0) is 24.6 Å². The van der Waals surface area contributed by atoms with E-state index in [0.29, 0.717) is 10.8 Å². The highest BCUT2D eigenvalue weighted by atomic mass is 35.5. The fraction of sp³-hybridized carbons (Fsp3) is 0.200. The number of hydrogen-bond donors (Lipinski definition) is 0. The molecule has 1 heterocycles. The minimum absolute atomic E-state index is 0.422. The molecule has 1 aromatic carbocycles. The topological polar surface area (TPSA) is 34.9 Å². The van der Waals surface area contributed by atoms with Gasteiger partial charge in [-0.1, -0.05) is 11.6 Å². The standard InChI is InChI=1S/C10H9ClN2O/c1-6-7(11)3-4-8-10(6)13(2)9(5-14)12-8/h3-5H,1-2H3. The molecular formula is C10H9ClN2O. The lowest BCUT2D eigenvalue weighted by Crippen LogP contribution is -1.96. The molecule has 0 aliphatic heterocycles. The highest BCUT2D eigenvalue weighted by Gasteiger charge is 2.10. The Bertz CT molecular complexity index is 516. The smallest absolute Gasteiger partial charge is 0.185 e. The van der Waals surface area contributed by atoms with Gasteiger partial charge in [0.15, 0.2) is 12.1 Å². The summed E-state index contributed by atoms with van der Waals surface area (Å²) in [5.74, 6) is 0.422. The summed E-state index contributed by atoms with van der Waals surface area (Å²) < 4.78 is 1.75. The minimum atomic E-state index is 0.422. The van der Waals surface area contributed by atoms with Crippen molar-refractivity contribution in [2.45, 2.75) is 6.92 Å². The van der Waals surface area contributed by atoms with Gasteiger partial charge in [0, 0.05) is 12.1 Å². The summed E-state index contributed by atoms with van der Waals surface area (Å²) in [4.78, 5) is 14.8. The van der Waals surface area contributed by atoms with Crippen LogP contribution in [0.4, 0.5) is 0 Å². The van der Waals surface area contributed by atoms with Gasteiger partial charge in [-0.25, -0.2) is 4.98 Å². The SMILES string of the molecule is Cc1c(Cl)ccc2nc(C=O)n(C)c12. The number of nitrogens with zero attached hydrogens (tertiary/aromatic N) is 2. The summed E-state index contributed by atoms with van der Waals surface area (Å²) in [5, 5.41) is 0.693. The molecule has 0 radical (unpaired) electrons. The molecule has 0 aliphatic carbocycles. The van der Waals surface area contributed by atoms with Crippen molar-refractivity contribution in [3.05, 3.63) is 28.5 Å². The summed E-state index contributed by atoms with van der Waals surface area (Å²) in [6.45, 7) is 1.92. The van der Waals surface area contributed by atoms with Crippen molar-refractivity contribution in [1.82, 2.24) is 9.55 Å². The number of halogens is 1. The summed E-state index contributed by atoms with van der Waals surface area (Å²) in [7, 11) is 1.81. The molecule has 2 aromatic rings. The lowest BCUT2D eigenvalue weighted by Gasteiger charge is -2.01. The van der Waals surface area contributed by atoms with Crippen LogP contribution < -0.4 is 0 Å². The molecule has 0 amide bonds. The molecule has 0 saturated carbocycles. The Kier molecular flexibility index (Phi) is 2.04. The summed E-state index contributed by atoms with van der Waals surface area (Å²) in [5.41, 5.74) is 2.67. The molecule has 0 unspecified atom stereocenters. The van der Waals surface area contributed by atoms with Crippen molar-refractivity contribution in [3.8, 4) is 0 Å². The largest absolute Gasteiger partial charge is 0.325 e. The number of rotatable bonds is 1. The van der Waals surface area contributed by atoms with Gasteiger partial charge in [0.05, 0.1) is 11.0 Å². The van der Waals surface area contributed by atoms with Crippen molar-refractivity contribution < 1.29 is 4.79 Å². The monoisotopic (exact) mass is 208 g/mol. The third-order valence-corrected chi connectivity index (χ3v) is 2.77. The molecule has 0 aliphatic rings. The summed E-state index contributed by atoms with van der Waals surface area (Å²) >= 11 is 5.98. The van der Waals surface area contributed by atoms with Crippen LogP contribution in [-0.2, 0) is 7.05 Å². The van der Waals surface area contributed by atoms with Gasteiger partial charge in [0.25, 0.3) is 0 Å². The van der Waals surface area contributed by atoms with Gasteiger partial charge >= 0.3 is 0 Å². The van der Waals surface area contributed by atoms with Crippen LogP contribution in [0.25, 0.3) is 11.0 Å². The molecule has 2 rings (SSSR count). The zero-order valence-corrected chi connectivity index (χ0v) is 8.67. The van der Waals surface area contributed by atoms with Gasteiger partial charge in [-0.3, -0.25) is 4.79 Å². The Morgan fingerprint density at radius 1 is 1.50 bits per heavy atom. The Hall–Kier alpha value is -1.35. The zero-order chi connectivity index (χ0) is 10.3. The van der Waals surface area contributed by atoms with E-state index in [1.807, 2.05) is 20.0 Å². The minimum Gasteiger partial charge on any atom is -0.325 e. The van der Waals surface area contributed by atoms with Crippen molar-refractivity contribution in [2.75, 3.05) is 0 Å². The van der Waals surface area contributed by atoms with E-state index in [9.17, 15) is 4.79 Å². The zero-order valence-electron chi connectivity index (χ0n) is 7.91. The van der Waals surface area contributed by atoms with E-state index in [4.69, 9.17) is 11.6 Å². The Balaban J connectivity index is 2.93. The number of aldehydes is 1. The number of imidazole rings is 1. The molecule has 1 aromatic heterocycles. The van der Waals surface area contributed by atoms with Crippen molar-refractivity contribution in [1.29, 1.82) is 0 Å². The van der Waals surface area contributed by atoms with Crippen LogP contribution in [0.3, 0.4) is 0 Å². The number of fused-ring (bicyclic) bond motifs is 1. The molecule has 0 fully saturated rings. The van der Waals surface area contributed by atoms with Crippen LogP contribution >= 0.6 is 11.6 Å². The molecular weight excluding hydrogens is 200 g/mol. The molecule has 0 spiro atoms. The van der Waals surface area contributed by atoms with Gasteiger partial charge in [0.1, 0.15) is 0 Å². The number of aromatic nitrogens is 2. The quantitative estimate of drug-likeness (QED) is 0.675. The molecule has 4 heteroatoms. The molecule has 0 saturated heterocycles. The predicted molar refractivity (Wildman–Crippen MR) is 55.8 cm³/mol. The number of hydrogen-bond acceptors (Lipinski definition) is 2. The first-order valence-electron chi connectivity index (χ1n) is 4.22. The third-order valence-electron chi connectivity index (χ3n) is 2.36. The second-order valence-corrected chi connectivity index (χ2v) is 3.59. The highest BCUT2D eigenvalue weighted by molar-refractivity contribution is 6.32. The van der Waals surface area contributed by atoms with Crippen LogP contribution in [0.5, 0.6) is 0 Å². The third kappa shape index (κ3) is 1.13. The van der Waals surface area contributed by atoms with Crippen LogP contribution in [0.2, 0.25) is 5.02 Å². The van der Waals surface area contributed by atoms with Crippen LogP contribution in [0, 0.1) is 6.92 Å². The average molecular weight is 209 g/mol. The van der Waals surface area contributed by atoms with Crippen molar-refractivity contribution in [2.24, 2.45) is 7.05 Å². The van der Waals surface area contributed by atoms with E-state index in [0.717, 1.165) is 22.9 Å².